The number of hydrogen-bond donors (Lipinski definition) is 1. The fourth-order valence-electron chi connectivity index (χ4n) is 1.39. The first-order valence-electron chi connectivity index (χ1n) is 5.93. The minimum absolute atomic E-state index is 0.0108. The van der Waals surface area contributed by atoms with Crippen molar-refractivity contribution in [1.29, 1.82) is 0 Å². The van der Waals surface area contributed by atoms with E-state index in [1.54, 1.807) is 6.92 Å². The Kier molecular flexibility index (Phi) is 5.91. The monoisotopic (exact) mass is 259 g/mol. The molecular weight excluding hydrogens is 240 g/mol. The van der Waals surface area contributed by atoms with E-state index in [4.69, 9.17) is 4.74 Å². The van der Waals surface area contributed by atoms with Crippen LogP contribution in [0.2, 0.25) is 0 Å². The summed E-state index contributed by atoms with van der Waals surface area (Å²) in [5, 5.41) is 3.23. The molecule has 0 aliphatic rings. The zero-order valence-corrected chi connectivity index (χ0v) is 10.9. The van der Waals surface area contributed by atoms with Gasteiger partial charge in [-0.3, -0.25) is 0 Å². The van der Waals surface area contributed by atoms with E-state index in [1.165, 1.54) is 0 Å². The second kappa shape index (κ2) is 7.20. The summed E-state index contributed by atoms with van der Waals surface area (Å²) >= 11 is 0. The van der Waals surface area contributed by atoms with E-state index >= 15 is 0 Å². The van der Waals surface area contributed by atoms with Gasteiger partial charge in [0.05, 0.1) is 5.69 Å². The Hall–Kier alpha value is -1.30. The lowest BCUT2D eigenvalue weighted by molar-refractivity contribution is 0.0767. The highest BCUT2D eigenvalue weighted by molar-refractivity contribution is 5.12. The maximum Gasteiger partial charge on any atom is 0.317 e. The molecule has 0 aromatic carbocycles. The number of hydrogen-bond acceptors (Lipinski definition) is 4. The fourth-order valence-corrected chi connectivity index (χ4v) is 1.39. The summed E-state index contributed by atoms with van der Waals surface area (Å²) in [6.07, 6.45) is -2.52. The van der Waals surface area contributed by atoms with Crippen molar-refractivity contribution < 1.29 is 13.5 Å². The molecular formula is C12H19F2N3O. The van der Waals surface area contributed by atoms with E-state index in [2.05, 4.69) is 29.1 Å². The van der Waals surface area contributed by atoms with E-state index in [1.807, 2.05) is 6.07 Å². The summed E-state index contributed by atoms with van der Waals surface area (Å²) < 4.78 is 28.9. The van der Waals surface area contributed by atoms with Crippen LogP contribution in [0, 0.1) is 12.8 Å². The Morgan fingerprint density at radius 1 is 1.33 bits per heavy atom. The number of aromatic nitrogens is 2. The first-order chi connectivity index (χ1) is 8.47. The molecule has 0 saturated carbocycles. The topological polar surface area (TPSA) is 47.0 Å². The molecule has 0 atom stereocenters. The van der Waals surface area contributed by atoms with Crippen LogP contribution in [0.25, 0.3) is 0 Å². The van der Waals surface area contributed by atoms with E-state index in [0.29, 0.717) is 18.2 Å². The zero-order valence-electron chi connectivity index (χ0n) is 10.9. The largest absolute Gasteiger partial charge is 0.457 e. The minimum Gasteiger partial charge on any atom is -0.457 e. The summed E-state index contributed by atoms with van der Waals surface area (Å²) in [6.45, 7) is 6.76. The Bertz CT molecular complexity index is 372. The average molecular weight is 259 g/mol. The summed E-state index contributed by atoms with van der Waals surface area (Å²) in [6, 6.07) is 1.82. The third-order valence-electron chi connectivity index (χ3n) is 2.08. The molecule has 0 fully saturated rings. The van der Waals surface area contributed by atoms with Gasteiger partial charge in [-0.1, -0.05) is 13.8 Å². The normalized spacial score (nSPS) is 11.3. The summed E-state index contributed by atoms with van der Waals surface area (Å²) in [4.78, 5) is 8.03. The van der Waals surface area contributed by atoms with Crippen molar-refractivity contribution in [3.05, 3.63) is 17.5 Å². The maximum absolute atomic E-state index is 12.0. The molecule has 0 radical (unpaired) electrons. The number of rotatable bonds is 7. The lowest BCUT2D eigenvalue weighted by Crippen LogP contribution is -2.20. The number of alkyl halides is 2. The van der Waals surface area contributed by atoms with Crippen molar-refractivity contribution in [2.24, 2.45) is 5.92 Å². The summed E-state index contributed by atoms with van der Waals surface area (Å²) in [7, 11) is 0. The molecule has 0 aliphatic heterocycles. The van der Waals surface area contributed by atoms with Crippen molar-refractivity contribution in [2.75, 3.05) is 13.2 Å². The predicted molar refractivity (Wildman–Crippen MR) is 64.8 cm³/mol. The van der Waals surface area contributed by atoms with Crippen molar-refractivity contribution in [1.82, 2.24) is 15.3 Å². The molecule has 0 unspecified atom stereocenters. The Morgan fingerprint density at radius 2 is 2.06 bits per heavy atom. The van der Waals surface area contributed by atoms with Crippen molar-refractivity contribution in [3.63, 3.8) is 0 Å². The third-order valence-corrected chi connectivity index (χ3v) is 2.08. The predicted octanol–water partition coefficient (Wildman–Crippen LogP) is 2.17. The SMILES string of the molecule is Cc1cc(CNCC(C)C)nc(OCC(F)F)n1. The van der Waals surface area contributed by atoms with Crippen LogP contribution in [0.5, 0.6) is 6.01 Å². The molecule has 1 rings (SSSR count). The van der Waals surface area contributed by atoms with Gasteiger partial charge in [0.25, 0.3) is 6.43 Å². The first-order valence-corrected chi connectivity index (χ1v) is 5.93. The fraction of sp³-hybridized carbons (Fsp3) is 0.667. The third kappa shape index (κ3) is 5.86. The van der Waals surface area contributed by atoms with Crippen LogP contribution in [0.15, 0.2) is 6.07 Å². The smallest absolute Gasteiger partial charge is 0.317 e. The average Bonchev–Trinajstić information content (AvgIpc) is 2.25. The van der Waals surface area contributed by atoms with Gasteiger partial charge in [-0.05, 0) is 25.5 Å². The quantitative estimate of drug-likeness (QED) is 0.815. The molecule has 4 nitrogen and oxygen atoms in total. The standard InChI is InChI=1S/C12H19F2N3O/c1-8(2)5-15-6-10-4-9(3)16-12(17-10)18-7-11(13)14/h4,8,11,15H,5-7H2,1-3H3. The molecule has 6 heteroatoms. The van der Waals surface area contributed by atoms with Crippen LogP contribution in [0.1, 0.15) is 25.2 Å². The van der Waals surface area contributed by atoms with Crippen molar-refractivity contribution in [2.45, 2.75) is 33.7 Å². The van der Waals surface area contributed by atoms with Gasteiger partial charge < -0.3 is 10.1 Å². The highest BCUT2D eigenvalue weighted by Crippen LogP contribution is 2.08. The molecule has 0 bridgehead atoms. The van der Waals surface area contributed by atoms with Crippen LogP contribution < -0.4 is 10.1 Å². The van der Waals surface area contributed by atoms with Gasteiger partial charge in [-0.15, -0.1) is 0 Å². The number of halogens is 2. The molecule has 0 saturated heterocycles. The van der Waals surface area contributed by atoms with Gasteiger partial charge >= 0.3 is 6.01 Å². The highest BCUT2D eigenvalue weighted by Gasteiger charge is 2.07. The van der Waals surface area contributed by atoms with Gasteiger partial charge in [0.2, 0.25) is 0 Å². The lowest BCUT2D eigenvalue weighted by atomic mass is 10.2. The second-order valence-corrected chi connectivity index (χ2v) is 4.51. The van der Waals surface area contributed by atoms with Crippen LogP contribution >= 0.6 is 0 Å². The molecule has 0 spiro atoms. The number of nitrogens with zero attached hydrogens (tertiary/aromatic N) is 2. The molecule has 18 heavy (non-hydrogen) atoms. The Balaban J connectivity index is 2.57. The zero-order chi connectivity index (χ0) is 13.5. The van der Waals surface area contributed by atoms with Crippen LogP contribution in [-0.4, -0.2) is 29.5 Å². The molecule has 1 heterocycles. The van der Waals surface area contributed by atoms with Gasteiger partial charge in [0.15, 0.2) is 6.61 Å². The molecule has 1 aromatic heterocycles. The maximum atomic E-state index is 12.0. The van der Waals surface area contributed by atoms with Crippen LogP contribution in [0.4, 0.5) is 8.78 Å². The Morgan fingerprint density at radius 3 is 2.67 bits per heavy atom. The van der Waals surface area contributed by atoms with E-state index in [9.17, 15) is 8.78 Å². The highest BCUT2D eigenvalue weighted by atomic mass is 19.3. The van der Waals surface area contributed by atoms with Gasteiger partial charge in [0.1, 0.15) is 0 Å². The van der Waals surface area contributed by atoms with E-state index < -0.39 is 13.0 Å². The van der Waals surface area contributed by atoms with E-state index in [-0.39, 0.29) is 6.01 Å². The molecule has 1 N–H and O–H groups in total. The number of ether oxygens (including phenoxy) is 1. The van der Waals surface area contributed by atoms with E-state index in [0.717, 1.165) is 12.2 Å². The summed E-state index contributed by atoms with van der Waals surface area (Å²) in [5.74, 6) is 0.544. The van der Waals surface area contributed by atoms with Crippen molar-refractivity contribution >= 4 is 0 Å². The Labute approximate surface area is 106 Å². The first kappa shape index (κ1) is 14.8. The molecule has 1 aromatic rings. The number of nitrogens with one attached hydrogen (secondary N) is 1. The van der Waals surface area contributed by atoms with Gasteiger partial charge in [0, 0.05) is 12.2 Å². The number of aryl methyl sites for hydroxylation is 1. The van der Waals surface area contributed by atoms with Crippen LogP contribution in [0.3, 0.4) is 0 Å². The van der Waals surface area contributed by atoms with Crippen molar-refractivity contribution in [3.8, 4) is 6.01 Å². The molecule has 102 valence electrons. The minimum atomic E-state index is -2.52. The molecule has 0 aliphatic carbocycles. The lowest BCUT2D eigenvalue weighted by Gasteiger charge is -2.09. The molecule has 0 amide bonds. The second-order valence-electron chi connectivity index (χ2n) is 4.51. The van der Waals surface area contributed by atoms with Gasteiger partial charge in [-0.2, -0.15) is 4.98 Å². The summed E-state index contributed by atoms with van der Waals surface area (Å²) in [5.41, 5.74) is 1.45. The van der Waals surface area contributed by atoms with Gasteiger partial charge in [-0.25, -0.2) is 13.8 Å². The van der Waals surface area contributed by atoms with Crippen LogP contribution in [-0.2, 0) is 6.54 Å².